The van der Waals surface area contributed by atoms with Crippen molar-refractivity contribution in [2.45, 2.75) is 50.0 Å². The molecule has 0 unspecified atom stereocenters. The summed E-state index contributed by atoms with van der Waals surface area (Å²) in [7, 11) is -3.65. The molecule has 1 aromatic heterocycles. The molecule has 0 spiro atoms. The summed E-state index contributed by atoms with van der Waals surface area (Å²) in [5.41, 5.74) is 1.53. The number of nitrogens with zero attached hydrogens (tertiary/aromatic N) is 3. The average Bonchev–Trinajstić information content (AvgIpc) is 3.37. The fourth-order valence-electron chi connectivity index (χ4n) is 4.70. The third-order valence-electron chi connectivity index (χ3n) is 6.32. The highest BCUT2D eigenvalue weighted by Gasteiger charge is 2.34. The van der Waals surface area contributed by atoms with Crippen molar-refractivity contribution in [1.82, 2.24) is 14.6 Å². The maximum absolute atomic E-state index is 13.7. The Morgan fingerprint density at radius 2 is 1.97 bits per heavy atom. The first-order chi connectivity index (χ1) is 16.3. The first-order valence-corrected chi connectivity index (χ1v) is 14.0. The van der Waals surface area contributed by atoms with Crippen molar-refractivity contribution in [2.24, 2.45) is 10.9 Å². The molecule has 0 bridgehead atoms. The molecular weight excluding hydrogens is 468 g/mol. The Hall–Kier alpha value is -2.78. The van der Waals surface area contributed by atoms with Crippen molar-refractivity contribution < 1.29 is 13.2 Å². The molecule has 1 fully saturated rings. The Labute approximate surface area is 204 Å². The number of thiazole rings is 1. The van der Waals surface area contributed by atoms with Gasteiger partial charge in [-0.3, -0.25) is 14.5 Å². The monoisotopic (exact) mass is 496 g/mol. The first kappa shape index (κ1) is 23.0. The minimum absolute atomic E-state index is 0.0457. The number of hydrogen-bond donors (Lipinski definition) is 1. The number of para-hydroxylation sites is 1. The summed E-state index contributed by atoms with van der Waals surface area (Å²) in [4.78, 5) is 25.3. The zero-order valence-electron chi connectivity index (χ0n) is 19.3. The highest BCUT2D eigenvalue weighted by molar-refractivity contribution is 7.90. The molecule has 0 radical (unpaired) electrons. The van der Waals surface area contributed by atoms with Crippen molar-refractivity contribution >= 4 is 43.3 Å². The summed E-state index contributed by atoms with van der Waals surface area (Å²) in [5, 5.41) is 1.07. The molecule has 2 aliphatic rings. The Morgan fingerprint density at radius 1 is 1.21 bits per heavy atom. The second-order valence-corrected chi connectivity index (χ2v) is 12.1. The van der Waals surface area contributed by atoms with E-state index >= 15 is 0 Å². The van der Waals surface area contributed by atoms with Gasteiger partial charge in [0.05, 0.1) is 20.1 Å². The van der Waals surface area contributed by atoms with Gasteiger partial charge in [-0.05, 0) is 49.4 Å². The normalized spacial score (nSPS) is 21.6. The number of carbonyl (C=O) groups excluding carboxylic acids is 1. The van der Waals surface area contributed by atoms with Gasteiger partial charge >= 0.3 is 0 Å². The molecule has 34 heavy (non-hydrogen) atoms. The van der Waals surface area contributed by atoms with Crippen LogP contribution < -0.4 is 4.72 Å². The summed E-state index contributed by atoms with van der Waals surface area (Å²) in [5.74, 6) is 0.648. The SMILES string of the molecule is CC(C)C[C@H](N=C1NS(=O)(=O)c2ccccc21)C(=O)N1CCC[C@H](c2nc3ccccc3s2)C1. The Kier molecular flexibility index (Phi) is 6.16. The van der Waals surface area contributed by atoms with E-state index in [-0.39, 0.29) is 28.5 Å². The van der Waals surface area contributed by atoms with Crippen molar-refractivity contribution in [2.75, 3.05) is 13.1 Å². The molecule has 1 saturated heterocycles. The lowest BCUT2D eigenvalue weighted by Gasteiger charge is -2.33. The number of amides is 1. The van der Waals surface area contributed by atoms with Crippen LogP contribution in [0.15, 0.2) is 58.4 Å². The van der Waals surface area contributed by atoms with Gasteiger partial charge in [0.25, 0.3) is 10.0 Å². The van der Waals surface area contributed by atoms with Crippen LogP contribution in [0.25, 0.3) is 10.2 Å². The predicted octanol–water partition coefficient (Wildman–Crippen LogP) is 4.16. The lowest BCUT2D eigenvalue weighted by atomic mass is 9.96. The summed E-state index contributed by atoms with van der Waals surface area (Å²) in [6.45, 7) is 5.39. The van der Waals surface area contributed by atoms with Crippen LogP contribution in [0.2, 0.25) is 0 Å². The molecule has 0 aliphatic carbocycles. The second kappa shape index (κ2) is 9.11. The van der Waals surface area contributed by atoms with Crippen LogP contribution >= 0.6 is 11.3 Å². The third kappa shape index (κ3) is 4.46. The Bertz CT molecular complexity index is 1330. The maximum Gasteiger partial charge on any atom is 0.263 e. The molecule has 3 aromatic rings. The number of aliphatic imine (C=N–C) groups is 1. The number of likely N-dealkylation sites (tertiary alicyclic amines) is 1. The maximum atomic E-state index is 13.7. The van der Waals surface area contributed by atoms with Crippen molar-refractivity contribution in [1.29, 1.82) is 0 Å². The van der Waals surface area contributed by atoms with Gasteiger partial charge in [0.15, 0.2) is 0 Å². The number of sulfonamides is 1. The van der Waals surface area contributed by atoms with E-state index in [0.717, 1.165) is 28.1 Å². The van der Waals surface area contributed by atoms with Gasteiger partial charge in [-0.1, -0.05) is 38.1 Å². The fraction of sp³-hybridized carbons (Fsp3) is 0.400. The van der Waals surface area contributed by atoms with Gasteiger partial charge in [0.1, 0.15) is 11.9 Å². The van der Waals surface area contributed by atoms with Crippen LogP contribution in [0.1, 0.15) is 49.6 Å². The van der Waals surface area contributed by atoms with E-state index in [1.807, 2.05) is 36.9 Å². The lowest BCUT2D eigenvalue weighted by Crippen LogP contribution is -2.44. The zero-order valence-corrected chi connectivity index (χ0v) is 20.9. The van der Waals surface area contributed by atoms with Gasteiger partial charge in [-0.25, -0.2) is 13.4 Å². The number of benzene rings is 2. The second-order valence-electron chi connectivity index (χ2n) is 9.37. The van der Waals surface area contributed by atoms with Gasteiger partial charge in [0, 0.05) is 24.6 Å². The molecule has 1 N–H and O–H groups in total. The number of aromatic nitrogens is 1. The first-order valence-electron chi connectivity index (χ1n) is 11.7. The van der Waals surface area contributed by atoms with Crippen LogP contribution in [0.5, 0.6) is 0 Å². The molecule has 2 atom stereocenters. The van der Waals surface area contributed by atoms with E-state index in [9.17, 15) is 13.2 Å². The number of piperidine rings is 1. The topological polar surface area (TPSA) is 91.7 Å². The van der Waals surface area contributed by atoms with Gasteiger partial charge in [-0.2, -0.15) is 0 Å². The highest BCUT2D eigenvalue weighted by Crippen LogP contribution is 2.33. The van der Waals surface area contributed by atoms with E-state index in [0.29, 0.717) is 25.1 Å². The molecule has 2 aliphatic heterocycles. The number of fused-ring (bicyclic) bond motifs is 2. The molecular formula is C25H28N4O3S2. The van der Waals surface area contributed by atoms with Gasteiger partial charge in [0.2, 0.25) is 5.91 Å². The molecule has 7 nitrogen and oxygen atoms in total. The quantitative estimate of drug-likeness (QED) is 0.574. The number of nitrogens with one attached hydrogen (secondary N) is 1. The molecule has 3 heterocycles. The Morgan fingerprint density at radius 3 is 2.76 bits per heavy atom. The molecule has 5 rings (SSSR count). The minimum atomic E-state index is -3.65. The predicted molar refractivity (Wildman–Crippen MR) is 135 cm³/mol. The van der Waals surface area contributed by atoms with E-state index in [1.165, 1.54) is 0 Å². The van der Waals surface area contributed by atoms with Gasteiger partial charge in [-0.15, -0.1) is 11.3 Å². The van der Waals surface area contributed by atoms with Crippen LogP contribution in [-0.2, 0) is 14.8 Å². The summed E-state index contributed by atoms with van der Waals surface area (Å²) < 4.78 is 28.8. The van der Waals surface area contributed by atoms with Crippen LogP contribution in [0.3, 0.4) is 0 Å². The molecule has 9 heteroatoms. The van der Waals surface area contributed by atoms with Crippen LogP contribution in [-0.4, -0.2) is 49.2 Å². The molecule has 1 amide bonds. The summed E-state index contributed by atoms with van der Waals surface area (Å²) in [6, 6.07) is 14.2. The molecule has 0 saturated carbocycles. The molecule has 178 valence electrons. The Balaban J connectivity index is 1.40. The van der Waals surface area contributed by atoms with Crippen molar-refractivity contribution in [3.8, 4) is 0 Å². The number of rotatable bonds is 5. The van der Waals surface area contributed by atoms with E-state index in [1.54, 1.807) is 35.6 Å². The lowest BCUT2D eigenvalue weighted by molar-refractivity contribution is -0.134. The standard InChI is InChI=1S/C25H28N4O3S2/c1-16(2)14-20(26-23-18-9-3-6-12-22(18)34(31,32)28-23)25(30)29-13-7-8-17(15-29)24-27-19-10-4-5-11-21(19)33-24/h3-6,9-12,16-17,20H,7-8,13-15H2,1-2H3,(H,26,28)/t17-,20-/m0/s1. The van der Waals surface area contributed by atoms with Crippen molar-refractivity contribution in [3.63, 3.8) is 0 Å². The largest absolute Gasteiger partial charge is 0.340 e. The summed E-state index contributed by atoms with van der Waals surface area (Å²) >= 11 is 1.70. The van der Waals surface area contributed by atoms with E-state index < -0.39 is 16.1 Å². The fourth-order valence-corrected chi connectivity index (χ4v) is 7.03. The number of hydrogen-bond acceptors (Lipinski definition) is 6. The van der Waals surface area contributed by atoms with E-state index in [4.69, 9.17) is 4.98 Å². The average molecular weight is 497 g/mol. The van der Waals surface area contributed by atoms with E-state index in [2.05, 4.69) is 15.8 Å². The van der Waals surface area contributed by atoms with Crippen molar-refractivity contribution in [3.05, 3.63) is 59.1 Å². The highest BCUT2D eigenvalue weighted by atomic mass is 32.2. The smallest absolute Gasteiger partial charge is 0.263 e. The minimum Gasteiger partial charge on any atom is -0.340 e. The van der Waals surface area contributed by atoms with Crippen LogP contribution in [0, 0.1) is 5.92 Å². The molecule has 2 aromatic carbocycles. The zero-order chi connectivity index (χ0) is 23.9. The number of carbonyl (C=O) groups is 1. The van der Waals surface area contributed by atoms with Gasteiger partial charge < -0.3 is 4.90 Å². The van der Waals surface area contributed by atoms with Crippen LogP contribution in [0.4, 0.5) is 0 Å². The third-order valence-corrected chi connectivity index (χ3v) is 8.92. The number of amidine groups is 1. The summed E-state index contributed by atoms with van der Waals surface area (Å²) in [6.07, 6.45) is 2.46.